The van der Waals surface area contributed by atoms with E-state index < -0.39 is 0 Å². The quantitative estimate of drug-likeness (QED) is 0.814. The van der Waals surface area contributed by atoms with Crippen LogP contribution in [0, 0.1) is 6.92 Å². The van der Waals surface area contributed by atoms with Crippen LogP contribution in [0.2, 0.25) is 0 Å². The average Bonchev–Trinajstić information content (AvgIpc) is 2.42. The van der Waals surface area contributed by atoms with E-state index in [0.717, 1.165) is 11.1 Å². The van der Waals surface area contributed by atoms with Gasteiger partial charge in [0, 0.05) is 12.2 Å². The van der Waals surface area contributed by atoms with Crippen LogP contribution in [0.15, 0.2) is 42.5 Å². The van der Waals surface area contributed by atoms with Crippen molar-refractivity contribution in [3.05, 3.63) is 59.2 Å². The number of benzene rings is 2. The van der Waals surface area contributed by atoms with E-state index in [2.05, 4.69) is 5.32 Å². The number of aryl methyl sites for hydroxylation is 1. The first-order valence-electron chi connectivity index (χ1n) is 6.00. The molecule has 0 aliphatic rings. The minimum atomic E-state index is -0.332. The smallest absolute Gasteiger partial charge is 0.259 e. The Morgan fingerprint density at radius 1 is 1.20 bits per heavy atom. The van der Waals surface area contributed by atoms with Crippen molar-refractivity contribution in [1.82, 2.24) is 0 Å². The molecule has 0 unspecified atom stereocenters. The molecule has 2 aromatic carbocycles. The molecular weight excluding hydrogens is 276 g/mol. The van der Waals surface area contributed by atoms with E-state index in [1.54, 1.807) is 24.3 Å². The summed E-state index contributed by atoms with van der Waals surface area (Å²) >= 11 is 0. The molecule has 0 radical (unpaired) electrons. The Labute approximate surface area is 124 Å². The minimum Gasteiger partial charge on any atom is -0.507 e. The maximum atomic E-state index is 12.0. The van der Waals surface area contributed by atoms with Gasteiger partial charge in [-0.3, -0.25) is 4.79 Å². The van der Waals surface area contributed by atoms with Gasteiger partial charge in [0.05, 0.1) is 5.56 Å². The zero-order valence-electron chi connectivity index (χ0n) is 11.1. The van der Waals surface area contributed by atoms with Crippen LogP contribution in [0.1, 0.15) is 21.5 Å². The van der Waals surface area contributed by atoms with Gasteiger partial charge in [-0.2, -0.15) is 0 Å². The van der Waals surface area contributed by atoms with Crippen molar-refractivity contribution in [2.24, 2.45) is 5.73 Å². The molecule has 0 fully saturated rings. The zero-order valence-corrected chi connectivity index (χ0v) is 11.9. The van der Waals surface area contributed by atoms with Gasteiger partial charge in [0.15, 0.2) is 0 Å². The number of anilines is 1. The molecule has 0 saturated heterocycles. The molecule has 0 aromatic heterocycles. The predicted octanol–water partition coefficient (Wildman–Crippen LogP) is 2.83. The lowest BCUT2D eigenvalue weighted by atomic mass is 10.1. The Morgan fingerprint density at radius 2 is 1.85 bits per heavy atom. The van der Waals surface area contributed by atoms with Crippen molar-refractivity contribution < 1.29 is 9.90 Å². The molecule has 4 N–H and O–H groups in total. The Bertz CT molecular complexity index is 597. The van der Waals surface area contributed by atoms with Crippen LogP contribution < -0.4 is 11.1 Å². The van der Waals surface area contributed by atoms with Crippen molar-refractivity contribution in [2.45, 2.75) is 13.5 Å². The van der Waals surface area contributed by atoms with Crippen LogP contribution in [0.3, 0.4) is 0 Å². The summed E-state index contributed by atoms with van der Waals surface area (Å²) in [5.74, 6) is -0.358. The predicted molar refractivity (Wildman–Crippen MR) is 82.4 cm³/mol. The van der Waals surface area contributed by atoms with Gasteiger partial charge in [0.2, 0.25) is 0 Å². The minimum absolute atomic E-state index is 0. The number of hydrogen-bond acceptors (Lipinski definition) is 3. The highest BCUT2D eigenvalue weighted by atomic mass is 35.5. The van der Waals surface area contributed by atoms with Crippen LogP contribution in [0.5, 0.6) is 5.75 Å². The molecule has 4 nitrogen and oxygen atoms in total. The van der Waals surface area contributed by atoms with Crippen molar-refractivity contribution >= 4 is 24.0 Å². The Kier molecular flexibility index (Phi) is 5.55. The SMILES string of the molecule is Cc1ccc(O)c(C(=O)Nc2ccc(CN)cc2)c1.Cl. The molecule has 0 heterocycles. The van der Waals surface area contributed by atoms with Gasteiger partial charge in [-0.15, -0.1) is 12.4 Å². The van der Waals surface area contributed by atoms with Crippen molar-refractivity contribution in [1.29, 1.82) is 0 Å². The Morgan fingerprint density at radius 3 is 2.45 bits per heavy atom. The number of phenols is 1. The van der Waals surface area contributed by atoms with Crippen molar-refractivity contribution in [3.63, 3.8) is 0 Å². The van der Waals surface area contributed by atoms with Crippen molar-refractivity contribution in [2.75, 3.05) is 5.32 Å². The zero-order chi connectivity index (χ0) is 13.8. The first-order chi connectivity index (χ1) is 9.10. The molecular formula is C15H17ClN2O2. The van der Waals surface area contributed by atoms with Gasteiger partial charge in [-0.05, 0) is 36.8 Å². The number of nitrogens with one attached hydrogen (secondary N) is 1. The molecule has 5 heteroatoms. The summed E-state index contributed by atoms with van der Waals surface area (Å²) in [7, 11) is 0. The first kappa shape index (κ1) is 16.0. The standard InChI is InChI=1S/C15H16N2O2.ClH/c1-10-2-7-14(18)13(8-10)15(19)17-12-5-3-11(9-16)4-6-12;/h2-8,18H,9,16H2,1H3,(H,17,19);1H. The number of carbonyl (C=O) groups is 1. The van der Waals surface area contributed by atoms with Gasteiger partial charge >= 0.3 is 0 Å². The normalized spacial score (nSPS) is 9.70. The molecule has 0 aliphatic carbocycles. The number of nitrogens with two attached hydrogens (primary N) is 1. The van der Waals surface area contributed by atoms with Crippen LogP contribution in [-0.4, -0.2) is 11.0 Å². The Balaban J connectivity index is 0.00000200. The van der Waals surface area contributed by atoms with Gasteiger partial charge in [-0.25, -0.2) is 0 Å². The number of rotatable bonds is 3. The molecule has 0 atom stereocenters. The summed E-state index contributed by atoms with van der Waals surface area (Å²) in [6.07, 6.45) is 0. The van der Waals surface area contributed by atoms with Gasteiger partial charge in [-0.1, -0.05) is 23.8 Å². The Hall–Kier alpha value is -2.04. The summed E-state index contributed by atoms with van der Waals surface area (Å²) in [6.45, 7) is 2.33. The second-order valence-electron chi connectivity index (χ2n) is 4.38. The number of halogens is 1. The van der Waals surface area contributed by atoms with E-state index in [1.165, 1.54) is 6.07 Å². The average molecular weight is 293 g/mol. The van der Waals surface area contributed by atoms with Crippen LogP contribution >= 0.6 is 12.4 Å². The summed E-state index contributed by atoms with van der Waals surface area (Å²) in [4.78, 5) is 12.0. The summed E-state index contributed by atoms with van der Waals surface area (Å²) < 4.78 is 0. The second kappa shape index (κ2) is 6.93. The highest BCUT2D eigenvalue weighted by Gasteiger charge is 2.11. The van der Waals surface area contributed by atoms with Gasteiger partial charge < -0.3 is 16.2 Å². The fourth-order valence-electron chi connectivity index (χ4n) is 1.75. The van der Waals surface area contributed by atoms with E-state index in [-0.39, 0.29) is 29.6 Å². The molecule has 0 bridgehead atoms. The fraction of sp³-hybridized carbons (Fsp3) is 0.133. The van der Waals surface area contributed by atoms with Crippen LogP contribution in [-0.2, 0) is 6.54 Å². The number of aromatic hydroxyl groups is 1. The molecule has 0 aliphatic heterocycles. The van der Waals surface area contributed by atoms with Crippen LogP contribution in [0.25, 0.3) is 0 Å². The maximum absolute atomic E-state index is 12.0. The number of amides is 1. The number of phenolic OH excluding ortho intramolecular Hbond substituents is 1. The van der Waals surface area contributed by atoms with Gasteiger partial charge in [0.1, 0.15) is 5.75 Å². The topological polar surface area (TPSA) is 75.3 Å². The van der Waals surface area contributed by atoms with E-state index in [1.807, 2.05) is 19.1 Å². The third-order valence-corrected chi connectivity index (χ3v) is 2.84. The molecule has 0 spiro atoms. The number of carbonyl (C=O) groups excluding carboxylic acids is 1. The third-order valence-electron chi connectivity index (χ3n) is 2.84. The van der Waals surface area contributed by atoms with Gasteiger partial charge in [0.25, 0.3) is 5.91 Å². The fourth-order valence-corrected chi connectivity index (χ4v) is 1.75. The molecule has 2 rings (SSSR count). The third kappa shape index (κ3) is 3.73. The van der Waals surface area contributed by atoms with Crippen LogP contribution in [0.4, 0.5) is 5.69 Å². The summed E-state index contributed by atoms with van der Waals surface area (Å²) in [5, 5.41) is 12.4. The van der Waals surface area contributed by atoms with E-state index in [9.17, 15) is 9.90 Å². The lowest BCUT2D eigenvalue weighted by Crippen LogP contribution is -2.12. The number of hydrogen-bond donors (Lipinski definition) is 3. The molecule has 20 heavy (non-hydrogen) atoms. The lowest BCUT2D eigenvalue weighted by molar-refractivity contribution is 0.102. The summed E-state index contributed by atoms with van der Waals surface area (Å²) in [6, 6.07) is 12.2. The lowest BCUT2D eigenvalue weighted by Gasteiger charge is -2.08. The largest absolute Gasteiger partial charge is 0.507 e. The molecule has 106 valence electrons. The monoisotopic (exact) mass is 292 g/mol. The van der Waals surface area contributed by atoms with E-state index in [0.29, 0.717) is 12.2 Å². The highest BCUT2D eigenvalue weighted by molar-refractivity contribution is 6.06. The molecule has 2 aromatic rings. The second-order valence-corrected chi connectivity index (χ2v) is 4.38. The molecule has 0 saturated carbocycles. The first-order valence-corrected chi connectivity index (χ1v) is 6.00. The summed E-state index contributed by atoms with van der Waals surface area (Å²) in [5.41, 5.74) is 8.36. The van der Waals surface area contributed by atoms with E-state index in [4.69, 9.17) is 5.73 Å². The van der Waals surface area contributed by atoms with Crippen molar-refractivity contribution in [3.8, 4) is 5.75 Å². The maximum Gasteiger partial charge on any atom is 0.259 e. The van der Waals surface area contributed by atoms with E-state index >= 15 is 0 Å². The molecule has 1 amide bonds. The highest BCUT2D eigenvalue weighted by Crippen LogP contribution is 2.20.